The minimum atomic E-state index is -3.77. The van der Waals surface area contributed by atoms with Gasteiger partial charge in [-0.05, 0) is 49.4 Å². The van der Waals surface area contributed by atoms with Crippen LogP contribution in [0.3, 0.4) is 0 Å². The Kier molecular flexibility index (Phi) is 7.17. The number of methoxy groups -OCH3 is 1. The highest BCUT2D eigenvalue weighted by atomic mass is 32.2. The number of thiophene rings is 1. The third-order valence-electron chi connectivity index (χ3n) is 5.91. The van der Waals surface area contributed by atoms with Gasteiger partial charge >= 0.3 is 0 Å². The summed E-state index contributed by atoms with van der Waals surface area (Å²) in [6.07, 6.45) is 1.17. The van der Waals surface area contributed by atoms with Crippen LogP contribution in [0.2, 0.25) is 0 Å². The maximum Gasteiger partial charge on any atom is 0.243 e. The van der Waals surface area contributed by atoms with E-state index >= 15 is 0 Å². The van der Waals surface area contributed by atoms with Gasteiger partial charge in [0.15, 0.2) is 0 Å². The summed E-state index contributed by atoms with van der Waals surface area (Å²) in [4.78, 5) is 16.8. The summed E-state index contributed by atoms with van der Waals surface area (Å²) in [7, 11) is -2.16. The Morgan fingerprint density at radius 2 is 1.85 bits per heavy atom. The van der Waals surface area contributed by atoms with Crippen LogP contribution in [0.5, 0.6) is 5.75 Å². The number of sulfonamides is 1. The highest BCUT2D eigenvalue weighted by Gasteiger charge is 2.41. The summed E-state index contributed by atoms with van der Waals surface area (Å²) in [5.41, 5.74) is 1.87. The summed E-state index contributed by atoms with van der Waals surface area (Å²) in [6.45, 7) is 3.02. The summed E-state index contributed by atoms with van der Waals surface area (Å²) in [5, 5.41) is 1.98. The Morgan fingerprint density at radius 3 is 2.55 bits per heavy atom. The largest absolute Gasteiger partial charge is 0.496 e. The van der Waals surface area contributed by atoms with Crippen LogP contribution in [0.15, 0.2) is 70.9 Å². The topological polar surface area (TPSA) is 66.9 Å². The molecule has 1 atom stereocenters. The van der Waals surface area contributed by atoms with Gasteiger partial charge < -0.3 is 9.64 Å². The lowest BCUT2D eigenvalue weighted by atomic mass is 10.1. The minimum absolute atomic E-state index is 0.178. The van der Waals surface area contributed by atoms with Crippen molar-refractivity contribution >= 4 is 27.3 Å². The molecule has 8 heteroatoms. The molecule has 0 N–H and O–H groups in total. The first kappa shape index (κ1) is 23.5. The van der Waals surface area contributed by atoms with E-state index in [4.69, 9.17) is 4.74 Å². The van der Waals surface area contributed by atoms with Gasteiger partial charge in [0.2, 0.25) is 15.9 Å². The van der Waals surface area contributed by atoms with Gasteiger partial charge in [-0.1, -0.05) is 42.0 Å². The van der Waals surface area contributed by atoms with Crippen LogP contribution in [0.4, 0.5) is 0 Å². The van der Waals surface area contributed by atoms with Gasteiger partial charge in [0.25, 0.3) is 0 Å². The monoisotopic (exact) mass is 484 g/mol. The number of carbonyl (C=O) groups is 1. The summed E-state index contributed by atoms with van der Waals surface area (Å²) in [6, 6.07) is 17.6. The zero-order chi connectivity index (χ0) is 23.4. The number of amides is 1. The molecule has 2 aromatic carbocycles. The van der Waals surface area contributed by atoms with Gasteiger partial charge in [0.1, 0.15) is 11.8 Å². The van der Waals surface area contributed by atoms with Crippen LogP contribution in [-0.2, 0) is 27.9 Å². The van der Waals surface area contributed by atoms with E-state index < -0.39 is 16.1 Å². The number of ether oxygens (including phenoxy) is 1. The molecule has 1 aromatic heterocycles. The van der Waals surface area contributed by atoms with E-state index in [-0.39, 0.29) is 10.8 Å². The molecule has 0 spiro atoms. The number of aryl methyl sites for hydroxylation is 1. The smallest absolute Gasteiger partial charge is 0.243 e. The minimum Gasteiger partial charge on any atom is -0.496 e. The second-order valence-electron chi connectivity index (χ2n) is 8.17. The van der Waals surface area contributed by atoms with Crippen LogP contribution in [-0.4, -0.2) is 43.2 Å². The molecular formula is C25H28N2O4S2. The van der Waals surface area contributed by atoms with Crippen LogP contribution in [0.25, 0.3) is 0 Å². The molecule has 1 unspecified atom stereocenters. The summed E-state index contributed by atoms with van der Waals surface area (Å²) < 4.78 is 33.7. The highest BCUT2D eigenvalue weighted by Crippen LogP contribution is 2.29. The Hall–Kier alpha value is -2.68. The number of hydrogen-bond acceptors (Lipinski definition) is 5. The first-order valence-corrected chi connectivity index (χ1v) is 13.2. The fourth-order valence-corrected chi connectivity index (χ4v) is 6.54. The molecule has 0 saturated carbocycles. The summed E-state index contributed by atoms with van der Waals surface area (Å²) >= 11 is 1.58. The van der Waals surface area contributed by atoms with Crippen molar-refractivity contribution in [2.45, 2.75) is 43.8 Å². The van der Waals surface area contributed by atoms with E-state index in [1.165, 1.54) is 4.31 Å². The normalized spacial score (nSPS) is 16.6. The maximum atomic E-state index is 13.8. The zero-order valence-electron chi connectivity index (χ0n) is 18.8. The van der Waals surface area contributed by atoms with Crippen molar-refractivity contribution in [1.82, 2.24) is 9.21 Å². The number of hydrogen-bond donors (Lipinski definition) is 0. The molecule has 1 fully saturated rings. The molecule has 0 aliphatic carbocycles. The fourth-order valence-electron chi connectivity index (χ4n) is 4.17. The predicted octanol–water partition coefficient (Wildman–Crippen LogP) is 4.45. The average Bonchev–Trinajstić information content (AvgIpc) is 3.51. The standard InChI is InChI=1S/C25H28N2O4S2/c1-19-11-13-22(14-12-19)33(29,30)27-15-5-9-23(27)25(28)26(18-21-8-6-16-32-21)17-20-7-3-4-10-24(20)31-2/h3-4,6-8,10-14,16,23H,5,9,15,17-18H2,1-2H3. The van der Waals surface area contributed by atoms with Crippen molar-refractivity contribution in [2.24, 2.45) is 0 Å². The molecule has 1 amide bonds. The zero-order valence-corrected chi connectivity index (χ0v) is 20.4. The molecule has 4 rings (SSSR count). The molecule has 0 bridgehead atoms. The molecule has 174 valence electrons. The predicted molar refractivity (Wildman–Crippen MR) is 130 cm³/mol. The molecule has 3 aromatic rings. The first-order chi connectivity index (χ1) is 15.9. The summed E-state index contributed by atoms with van der Waals surface area (Å²) in [5.74, 6) is 0.527. The molecule has 1 saturated heterocycles. The molecular weight excluding hydrogens is 456 g/mol. The Morgan fingerprint density at radius 1 is 1.09 bits per heavy atom. The van der Waals surface area contributed by atoms with E-state index in [1.807, 2.05) is 48.7 Å². The van der Waals surface area contributed by atoms with E-state index in [2.05, 4.69) is 0 Å². The van der Waals surface area contributed by atoms with Crippen molar-refractivity contribution in [3.8, 4) is 5.75 Å². The van der Waals surface area contributed by atoms with Gasteiger partial charge in [-0.15, -0.1) is 11.3 Å². The molecule has 1 aliphatic heterocycles. The van der Waals surface area contributed by atoms with E-state index in [0.717, 1.165) is 16.0 Å². The number of para-hydroxylation sites is 1. The second-order valence-corrected chi connectivity index (χ2v) is 11.1. The second kappa shape index (κ2) is 10.1. The third-order valence-corrected chi connectivity index (χ3v) is 8.69. The average molecular weight is 485 g/mol. The number of benzene rings is 2. The SMILES string of the molecule is COc1ccccc1CN(Cc1cccs1)C(=O)C1CCCN1S(=O)(=O)c1ccc(C)cc1. The Labute approximate surface area is 199 Å². The van der Waals surface area contributed by atoms with Crippen molar-refractivity contribution in [1.29, 1.82) is 0 Å². The van der Waals surface area contributed by atoms with E-state index in [1.54, 1.807) is 47.6 Å². The van der Waals surface area contributed by atoms with Gasteiger partial charge in [-0.2, -0.15) is 4.31 Å². The van der Waals surface area contributed by atoms with Gasteiger partial charge in [0.05, 0.1) is 18.6 Å². The van der Waals surface area contributed by atoms with E-state index in [9.17, 15) is 13.2 Å². The van der Waals surface area contributed by atoms with Crippen molar-refractivity contribution in [3.05, 3.63) is 82.0 Å². The van der Waals surface area contributed by atoms with Gasteiger partial charge in [-0.25, -0.2) is 8.42 Å². The maximum absolute atomic E-state index is 13.8. The van der Waals surface area contributed by atoms with Gasteiger partial charge in [0, 0.05) is 23.5 Å². The fraction of sp³-hybridized carbons (Fsp3) is 0.320. The third kappa shape index (κ3) is 5.13. The number of nitrogens with zero attached hydrogens (tertiary/aromatic N) is 2. The number of rotatable bonds is 8. The first-order valence-electron chi connectivity index (χ1n) is 10.9. The van der Waals surface area contributed by atoms with Crippen molar-refractivity contribution in [2.75, 3.05) is 13.7 Å². The Bertz CT molecular complexity index is 1190. The quantitative estimate of drug-likeness (QED) is 0.474. The molecule has 1 aliphatic rings. The molecule has 2 heterocycles. The Balaban J connectivity index is 1.63. The van der Waals surface area contributed by atoms with Crippen molar-refractivity contribution < 1.29 is 17.9 Å². The van der Waals surface area contributed by atoms with Gasteiger partial charge in [-0.3, -0.25) is 4.79 Å². The molecule has 0 radical (unpaired) electrons. The highest BCUT2D eigenvalue weighted by molar-refractivity contribution is 7.89. The lowest BCUT2D eigenvalue weighted by Gasteiger charge is -2.30. The van der Waals surface area contributed by atoms with Crippen LogP contribution >= 0.6 is 11.3 Å². The van der Waals surface area contributed by atoms with Crippen LogP contribution in [0.1, 0.15) is 28.8 Å². The van der Waals surface area contributed by atoms with Crippen LogP contribution < -0.4 is 4.74 Å². The van der Waals surface area contributed by atoms with Crippen molar-refractivity contribution in [3.63, 3.8) is 0 Å². The van der Waals surface area contributed by atoms with Crippen LogP contribution in [0, 0.1) is 6.92 Å². The molecule has 6 nitrogen and oxygen atoms in total. The lowest BCUT2D eigenvalue weighted by Crippen LogP contribution is -2.47. The molecule has 33 heavy (non-hydrogen) atoms. The van der Waals surface area contributed by atoms with E-state index in [0.29, 0.717) is 38.2 Å². The number of carbonyl (C=O) groups excluding carboxylic acids is 1. The lowest BCUT2D eigenvalue weighted by molar-refractivity contribution is -0.135.